The molecule has 0 spiro atoms. The van der Waals surface area contributed by atoms with E-state index >= 15 is 0 Å². The van der Waals surface area contributed by atoms with Crippen LogP contribution in [0.5, 0.6) is 5.75 Å². The Morgan fingerprint density at radius 3 is 2.81 bits per heavy atom. The van der Waals surface area contributed by atoms with Crippen molar-refractivity contribution in [3.63, 3.8) is 0 Å². The average Bonchev–Trinajstić information content (AvgIpc) is 2.94. The van der Waals surface area contributed by atoms with Gasteiger partial charge in [0.2, 0.25) is 0 Å². The van der Waals surface area contributed by atoms with Crippen molar-refractivity contribution < 1.29 is 9.53 Å². The first-order chi connectivity index (χ1) is 9.61. The smallest absolute Gasteiger partial charge is 0.159 e. The molecule has 1 atom stereocenters. The lowest BCUT2D eigenvalue weighted by Gasteiger charge is -2.24. The summed E-state index contributed by atoms with van der Waals surface area (Å²) in [7, 11) is 2.13. The molecule has 1 N–H and O–H groups in total. The van der Waals surface area contributed by atoms with Crippen molar-refractivity contribution >= 4 is 18.2 Å². The van der Waals surface area contributed by atoms with Crippen LogP contribution in [0, 0.1) is 0 Å². The maximum atomic E-state index is 11.5. The van der Waals surface area contributed by atoms with Gasteiger partial charge in [0.05, 0.1) is 6.61 Å². The highest BCUT2D eigenvalue weighted by Crippen LogP contribution is 2.23. The molecule has 0 aliphatic carbocycles. The van der Waals surface area contributed by atoms with Crippen LogP contribution in [0.25, 0.3) is 0 Å². The summed E-state index contributed by atoms with van der Waals surface area (Å²) in [5, 5.41) is 3.38. The summed E-state index contributed by atoms with van der Waals surface area (Å²) in [4.78, 5) is 13.9. The van der Waals surface area contributed by atoms with Crippen molar-refractivity contribution in [2.45, 2.75) is 32.9 Å². The van der Waals surface area contributed by atoms with Gasteiger partial charge in [-0.05, 0) is 52.1 Å². The summed E-state index contributed by atoms with van der Waals surface area (Å²) < 4.78 is 5.68. The zero-order chi connectivity index (χ0) is 14.5. The summed E-state index contributed by atoms with van der Waals surface area (Å²) >= 11 is 0. The molecule has 1 fully saturated rings. The van der Waals surface area contributed by atoms with Crippen LogP contribution in [0.4, 0.5) is 0 Å². The SMILES string of the molecule is CCOc1ccc(C(C)=O)cc1CN(C)C1CCNC1.Cl. The predicted molar refractivity (Wildman–Crippen MR) is 87.6 cm³/mol. The third-order valence-electron chi connectivity index (χ3n) is 3.84. The molecule has 0 aromatic heterocycles. The summed E-state index contributed by atoms with van der Waals surface area (Å²) in [6.07, 6.45) is 1.17. The number of halogens is 1. The lowest BCUT2D eigenvalue weighted by Crippen LogP contribution is -2.33. The monoisotopic (exact) mass is 312 g/mol. The first-order valence-electron chi connectivity index (χ1n) is 7.29. The molecular weight excluding hydrogens is 288 g/mol. The minimum absolute atomic E-state index is 0. The summed E-state index contributed by atoms with van der Waals surface area (Å²) in [6.45, 7) is 7.15. The van der Waals surface area contributed by atoms with E-state index in [4.69, 9.17) is 4.74 Å². The van der Waals surface area contributed by atoms with Gasteiger partial charge >= 0.3 is 0 Å². The highest BCUT2D eigenvalue weighted by Gasteiger charge is 2.20. The van der Waals surface area contributed by atoms with E-state index in [9.17, 15) is 4.79 Å². The Morgan fingerprint density at radius 1 is 1.48 bits per heavy atom. The van der Waals surface area contributed by atoms with Crippen LogP contribution in [0.3, 0.4) is 0 Å². The molecule has 1 aromatic rings. The van der Waals surface area contributed by atoms with E-state index in [1.54, 1.807) is 6.92 Å². The molecule has 4 nitrogen and oxygen atoms in total. The minimum atomic E-state index is 0. The molecule has 1 aromatic carbocycles. The number of likely N-dealkylation sites (N-methyl/N-ethyl adjacent to an activating group) is 1. The first kappa shape index (κ1) is 18.0. The fraction of sp³-hybridized carbons (Fsp3) is 0.562. The van der Waals surface area contributed by atoms with Gasteiger partial charge in [-0.1, -0.05) is 0 Å². The largest absolute Gasteiger partial charge is 0.494 e. The maximum Gasteiger partial charge on any atom is 0.159 e. The first-order valence-corrected chi connectivity index (χ1v) is 7.29. The van der Waals surface area contributed by atoms with E-state index in [0.717, 1.165) is 36.5 Å². The number of carbonyl (C=O) groups is 1. The fourth-order valence-electron chi connectivity index (χ4n) is 2.63. The summed E-state index contributed by atoms with van der Waals surface area (Å²) in [5.74, 6) is 0.981. The number of ether oxygens (including phenoxy) is 1. The minimum Gasteiger partial charge on any atom is -0.494 e. The van der Waals surface area contributed by atoms with E-state index in [2.05, 4.69) is 17.3 Å². The predicted octanol–water partition coefficient (Wildman–Crippen LogP) is 2.50. The molecular formula is C16H25ClN2O2. The average molecular weight is 313 g/mol. The highest BCUT2D eigenvalue weighted by atomic mass is 35.5. The van der Waals surface area contributed by atoms with Crippen molar-refractivity contribution in [3.05, 3.63) is 29.3 Å². The number of nitrogens with one attached hydrogen (secondary N) is 1. The molecule has 21 heavy (non-hydrogen) atoms. The Bertz CT molecular complexity index is 473. The molecule has 118 valence electrons. The number of hydrogen-bond donors (Lipinski definition) is 1. The quantitative estimate of drug-likeness (QED) is 0.820. The Labute approximate surface area is 133 Å². The molecule has 1 aliphatic rings. The second kappa shape index (κ2) is 8.37. The van der Waals surface area contributed by atoms with Gasteiger partial charge in [0.15, 0.2) is 5.78 Å². The molecule has 0 bridgehead atoms. The Morgan fingerprint density at radius 2 is 2.24 bits per heavy atom. The van der Waals surface area contributed by atoms with Gasteiger partial charge in [0, 0.05) is 30.3 Å². The van der Waals surface area contributed by atoms with Gasteiger partial charge in [-0.3, -0.25) is 9.69 Å². The molecule has 5 heteroatoms. The third-order valence-corrected chi connectivity index (χ3v) is 3.84. The third kappa shape index (κ3) is 4.70. The number of hydrogen-bond acceptors (Lipinski definition) is 4. The molecule has 1 saturated heterocycles. The van der Waals surface area contributed by atoms with E-state index in [1.807, 2.05) is 25.1 Å². The van der Waals surface area contributed by atoms with Crippen molar-refractivity contribution in [1.82, 2.24) is 10.2 Å². The summed E-state index contributed by atoms with van der Waals surface area (Å²) in [5.41, 5.74) is 1.84. The van der Waals surface area contributed by atoms with Gasteiger partial charge in [-0.15, -0.1) is 12.4 Å². The van der Waals surface area contributed by atoms with Crippen LogP contribution in [0.1, 0.15) is 36.2 Å². The van der Waals surface area contributed by atoms with E-state index in [-0.39, 0.29) is 18.2 Å². The Kier molecular flexibility index (Phi) is 7.15. The highest BCUT2D eigenvalue weighted by molar-refractivity contribution is 5.94. The molecule has 1 aliphatic heterocycles. The molecule has 1 unspecified atom stereocenters. The summed E-state index contributed by atoms with van der Waals surface area (Å²) in [6, 6.07) is 6.28. The second-order valence-corrected chi connectivity index (χ2v) is 5.37. The number of ketones is 1. The van der Waals surface area contributed by atoms with Crippen LogP contribution >= 0.6 is 12.4 Å². The number of nitrogens with zero attached hydrogens (tertiary/aromatic N) is 1. The van der Waals surface area contributed by atoms with Crippen LogP contribution in [0.2, 0.25) is 0 Å². The molecule has 1 heterocycles. The van der Waals surface area contributed by atoms with Crippen LogP contribution in [-0.2, 0) is 6.54 Å². The van der Waals surface area contributed by atoms with Crippen LogP contribution in [0.15, 0.2) is 18.2 Å². The Hall–Kier alpha value is -1.10. The zero-order valence-electron chi connectivity index (χ0n) is 13.0. The zero-order valence-corrected chi connectivity index (χ0v) is 13.8. The topological polar surface area (TPSA) is 41.6 Å². The lowest BCUT2D eigenvalue weighted by molar-refractivity contribution is 0.101. The molecule has 0 saturated carbocycles. The van der Waals surface area contributed by atoms with Gasteiger partial charge in [-0.2, -0.15) is 0 Å². The second-order valence-electron chi connectivity index (χ2n) is 5.37. The lowest BCUT2D eigenvalue weighted by atomic mass is 10.1. The number of Topliss-reactive ketones (excluding diaryl/α,β-unsaturated/α-hetero) is 1. The van der Waals surface area contributed by atoms with E-state index in [0.29, 0.717) is 12.6 Å². The van der Waals surface area contributed by atoms with Gasteiger partial charge in [-0.25, -0.2) is 0 Å². The fourth-order valence-corrected chi connectivity index (χ4v) is 2.63. The number of benzene rings is 1. The van der Waals surface area contributed by atoms with Gasteiger partial charge in [0.1, 0.15) is 5.75 Å². The van der Waals surface area contributed by atoms with Crippen LogP contribution in [-0.4, -0.2) is 43.5 Å². The number of rotatable bonds is 6. The van der Waals surface area contributed by atoms with E-state index < -0.39 is 0 Å². The number of carbonyl (C=O) groups excluding carboxylic acids is 1. The van der Waals surface area contributed by atoms with Crippen molar-refractivity contribution in [1.29, 1.82) is 0 Å². The molecule has 0 amide bonds. The van der Waals surface area contributed by atoms with Crippen molar-refractivity contribution in [3.8, 4) is 5.75 Å². The molecule has 0 radical (unpaired) electrons. The van der Waals surface area contributed by atoms with Crippen molar-refractivity contribution in [2.75, 3.05) is 26.7 Å². The standard InChI is InChI=1S/C16H24N2O2.ClH/c1-4-20-16-6-5-13(12(2)19)9-14(16)11-18(3)15-7-8-17-10-15;/h5-6,9,15,17H,4,7-8,10-11H2,1-3H3;1H. The normalized spacial score (nSPS) is 17.6. The molecule has 2 rings (SSSR count). The maximum absolute atomic E-state index is 11.5. The van der Waals surface area contributed by atoms with Crippen molar-refractivity contribution in [2.24, 2.45) is 0 Å². The van der Waals surface area contributed by atoms with Gasteiger partial charge in [0.25, 0.3) is 0 Å². The van der Waals surface area contributed by atoms with E-state index in [1.165, 1.54) is 6.42 Å². The Balaban J connectivity index is 0.00000220. The van der Waals surface area contributed by atoms with Gasteiger partial charge < -0.3 is 10.1 Å². The van der Waals surface area contributed by atoms with Crippen LogP contribution < -0.4 is 10.1 Å².